The summed E-state index contributed by atoms with van der Waals surface area (Å²) in [7, 11) is 0. The van der Waals surface area contributed by atoms with Gasteiger partial charge in [-0.25, -0.2) is 4.98 Å². The van der Waals surface area contributed by atoms with E-state index < -0.39 is 0 Å². The van der Waals surface area contributed by atoms with Crippen molar-refractivity contribution in [2.75, 3.05) is 12.3 Å². The van der Waals surface area contributed by atoms with Crippen molar-refractivity contribution in [3.8, 4) is 0 Å². The number of hydrogen-bond acceptors (Lipinski definition) is 3. The first-order valence-corrected chi connectivity index (χ1v) is 5.65. The molecule has 1 saturated carbocycles. The van der Waals surface area contributed by atoms with Crippen LogP contribution in [-0.4, -0.2) is 17.4 Å². The Hall–Kier alpha value is -1.58. The molecule has 0 saturated heterocycles. The van der Waals surface area contributed by atoms with Crippen LogP contribution in [0.25, 0.3) is 0 Å². The van der Waals surface area contributed by atoms with E-state index in [0.29, 0.717) is 16.8 Å². The highest BCUT2D eigenvalue weighted by Crippen LogP contribution is 2.47. The molecule has 1 aliphatic carbocycles. The van der Waals surface area contributed by atoms with E-state index in [1.165, 1.54) is 12.8 Å². The van der Waals surface area contributed by atoms with Crippen LogP contribution in [0.1, 0.15) is 36.5 Å². The van der Waals surface area contributed by atoms with E-state index in [1.807, 2.05) is 0 Å². The summed E-state index contributed by atoms with van der Waals surface area (Å²) in [6, 6.07) is 3.42. The number of carbonyl (C=O) groups excluding carboxylic acids is 1. The van der Waals surface area contributed by atoms with Gasteiger partial charge in [0.1, 0.15) is 5.82 Å². The van der Waals surface area contributed by atoms with Crippen molar-refractivity contribution < 1.29 is 4.79 Å². The molecule has 0 aliphatic heterocycles. The predicted octanol–water partition coefficient (Wildman–Crippen LogP) is 1.58. The number of nitrogen functional groups attached to an aromatic ring is 1. The number of carbonyl (C=O) groups is 1. The summed E-state index contributed by atoms with van der Waals surface area (Å²) < 4.78 is 0. The van der Waals surface area contributed by atoms with Crippen LogP contribution in [0.4, 0.5) is 5.82 Å². The molecule has 1 aromatic heterocycles. The second kappa shape index (κ2) is 4.12. The number of amides is 1. The maximum absolute atomic E-state index is 11.8. The summed E-state index contributed by atoms with van der Waals surface area (Å²) in [6.07, 6.45) is 5.13. The molecule has 0 radical (unpaired) electrons. The summed E-state index contributed by atoms with van der Waals surface area (Å²) >= 11 is 0. The van der Waals surface area contributed by atoms with Crippen LogP contribution in [0.5, 0.6) is 0 Å². The molecule has 0 bridgehead atoms. The van der Waals surface area contributed by atoms with Crippen LogP contribution >= 0.6 is 0 Å². The molecule has 1 aliphatic rings. The maximum Gasteiger partial charge on any atom is 0.255 e. The predicted molar refractivity (Wildman–Crippen MR) is 62.9 cm³/mol. The molecule has 1 fully saturated rings. The van der Waals surface area contributed by atoms with Crippen LogP contribution in [0.3, 0.4) is 0 Å². The standard InChI is InChI=1S/C12H17N3O/c1-2-12(5-6-12)8-15-11(16)9-4-3-7-14-10(9)13/h3-4,7H,2,5-6,8H2,1H3,(H2,13,14)(H,15,16). The molecular formula is C12H17N3O. The van der Waals surface area contributed by atoms with Gasteiger partial charge in [-0.05, 0) is 36.8 Å². The van der Waals surface area contributed by atoms with Crippen molar-refractivity contribution in [1.29, 1.82) is 0 Å². The van der Waals surface area contributed by atoms with Crippen LogP contribution in [0.2, 0.25) is 0 Å². The largest absolute Gasteiger partial charge is 0.383 e. The SMILES string of the molecule is CCC1(CNC(=O)c2cccnc2N)CC1. The second-order valence-electron chi connectivity index (χ2n) is 4.47. The highest BCUT2D eigenvalue weighted by molar-refractivity contribution is 5.98. The zero-order valence-electron chi connectivity index (χ0n) is 9.49. The minimum atomic E-state index is -0.120. The van der Waals surface area contributed by atoms with Crippen molar-refractivity contribution in [2.24, 2.45) is 5.41 Å². The van der Waals surface area contributed by atoms with Crippen LogP contribution in [0, 0.1) is 5.41 Å². The Bertz CT molecular complexity index is 399. The van der Waals surface area contributed by atoms with E-state index in [0.717, 1.165) is 13.0 Å². The Morgan fingerprint density at radius 1 is 1.62 bits per heavy atom. The number of anilines is 1. The Morgan fingerprint density at radius 2 is 2.38 bits per heavy atom. The highest BCUT2D eigenvalue weighted by Gasteiger charge is 2.40. The minimum Gasteiger partial charge on any atom is -0.383 e. The smallest absolute Gasteiger partial charge is 0.255 e. The van der Waals surface area contributed by atoms with Gasteiger partial charge >= 0.3 is 0 Å². The molecule has 4 nitrogen and oxygen atoms in total. The number of rotatable bonds is 4. The quantitative estimate of drug-likeness (QED) is 0.808. The molecule has 1 heterocycles. The van der Waals surface area contributed by atoms with Crippen LogP contribution in [0.15, 0.2) is 18.3 Å². The van der Waals surface area contributed by atoms with Crippen molar-refractivity contribution in [2.45, 2.75) is 26.2 Å². The molecule has 0 unspecified atom stereocenters. The number of nitrogens with two attached hydrogens (primary N) is 1. The second-order valence-corrected chi connectivity index (χ2v) is 4.47. The summed E-state index contributed by atoms with van der Waals surface area (Å²) in [5.41, 5.74) is 6.46. The molecule has 3 N–H and O–H groups in total. The molecule has 2 rings (SSSR count). The zero-order chi connectivity index (χ0) is 11.6. The average Bonchev–Trinajstić information content (AvgIpc) is 3.07. The summed E-state index contributed by atoms with van der Waals surface area (Å²) in [4.78, 5) is 15.7. The van der Waals surface area contributed by atoms with Gasteiger partial charge < -0.3 is 11.1 Å². The molecule has 4 heteroatoms. The lowest BCUT2D eigenvalue weighted by atomic mass is 10.0. The van der Waals surface area contributed by atoms with E-state index in [1.54, 1.807) is 18.3 Å². The van der Waals surface area contributed by atoms with E-state index >= 15 is 0 Å². The summed E-state index contributed by atoms with van der Waals surface area (Å²) in [5.74, 6) is 0.173. The summed E-state index contributed by atoms with van der Waals surface area (Å²) in [6.45, 7) is 2.91. The van der Waals surface area contributed by atoms with Gasteiger partial charge in [0.2, 0.25) is 0 Å². The van der Waals surface area contributed by atoms with Gasteiger partial charge in [-0.1, -0.05) is 6.92 Å². The molecular weight excluding hydrogens is 202 g/mol. The van der Waals surface area contributed by atoms with Crippen molar-refractivity contribution in [3.05, 3.63) is 23.9 Å². The number of aromatic nitrogens is 1. The lowest BCUT2D eigenvalue weighted by molar-refractivity contribution is 0.0945. The van der Waals surface area contributed by atoms with Crippen molar-refractivity contribution >= 4 is 11.7 Å². The number of hydrogen-bond donors (Lipinski definition) is 2. The average molecular weight is 219 g/mol. The third kappa shape index (κ3) is 2.15. The van der Waals surface area contributed by atoms with Gasteiger partial charge in [-0.3, -0.25) is 4.79 Å². The maximum atomic E-state index is 11.8. The molecule has 1 aromatic rings. The first-order valence-electron chi connectivity index (χ1n) is 5.65. The van der Waals surface area contributed by atoms with Gasteiger partial charge in [0.25, 0.3) is 5.91 Å². The Labute approximate surface area is 95.3 Å². The Morgan fingerprint density at radius 3 is 2.94 bits per heavy atom. The summed E-state index contributed by atoms with van der Waals surface area (Å²) in [5, 5.41) is 2.93. The fraction of sp³-hybridized carbons (Fsp3) is 0.500. The first kappa shape index (κ1) is 10.9. The molecule has 0 spiro atoms. The van der Waals surface area contributed by atoms with Crippen LogP contribution < -0.4 is 11.1 Å². The van der Waals surface area contributed by atoms with Gasteiger partial charge in [-0.15, -0.1) is 0 Å². The monoisotopic (exact) mass is 219 g/mol. The number of pyridine rings is 1. The van der Waals surface area contributed by atoms with E-state index in [2.05, 4.69) is 17.2 Å². The van der Waals surface area contributed by atoms with E-state index in [4.69, 9.17) is 5.73 Å². The third-order valence-corrected chi connectivity index (χ3v) is 3.41. The topological polar surface area (TPSA) is 68.0 Å². The lowest BCUT2D eigenvalue weighted by Crippen LogP contribution is -2.30. The van der Waals surface area contributed by atoms with E-state index in [9.17, 15) is 4.79 Å². The van der Waals surface area contributed by atoms with Gasteiger partial charge in [0.05, 0.1) is 5.56 Å². The minimum absolute atomic E-state index is 0.120. The molecule has 0 aromatic carbocycles. The molecule has 86 valence electrons. The number of nitrogens with one attached hydrogen (secondary N) is 1. The normalized spacial score (nSPS) is 16.8. The molecule has 0 atom stereocenters. The van der Waals surface area contributed by atoms with Gasteiger partial charge in [0.15, 0.2) is 0 Å². The lowest BCUT2D eigenvalue weighted by Gasteiger charge is -2.13. The zero-order valence-corrected chi connectivity index (χ0v) is 9.49. The van der Waals surface area contributed by atoms with E-state index in [-0.39, 0.29) is 5.91 Å². The Kier molecular flexibility index (Phi) is 2.81. The number of nitrogens with zero attached hydrogens (tertiary/aromatic N) is 1. The fourth-order valence-corrected chi connectivity index (χ4v) is 1.80. The molecule has 16 heavy (non-hydrogen) atoms. The van der Waals surface area contributed by atoms with Gasteiger partial charge in [0, 0.05) is 12.7 Å². The first-order chi connectivity index (χ1) is 7.67. The van der Waals surface area contributed by atoms with Crippen molar-refractivity contribution in [3.63, 3.8) is 0 Å². The molecule has 1 amide bonds. The highest BCUT2D eigenvalue weighted by atomic mass is 16.1. The fourth-order valence-electron chi connectivity index (χ4n) is 1.80. The van der Waals surface area contributed by atoms with Crippen molar-refractivity contribution in [1.82, 2.24) is 10.3 Å². The van der Waals surface area contributed by atoms with Crippen LogP contribution in [-0.2, 0) is 0 Å². The third-order valence-electron chi connectivity index (χ3n) is 3.41. The van der Waals surface area contributed by atoms with Gasteiger partial charge in [-0.2, -0.15) is 0 Å². The Balaban J connectivity index is 1.96.